The summed E-state index contributed by atoms with van der Waals surface area (Å²) in [5, 5.41) is 6.92. The molecule has 8 heteroatoms. The fourth-order valence-electron chi connectivity index (χ4n) is 4.51. The first kappa shape index (κ1) is 21.2. The zero-order valence-electron chi connectivity index (χ0n) is 19.1. The summed E-state index contributed by atoms with van der Waals surface area (Å²) in [6, 6.07) is 15.4. The van der Waals surface area contributed by atoms with E-state index in [-0.39, 0.29) is 17.9 Å². The van der Waals surface area contributed by atoms with Gasteiger partial charge in [0, 0.05) is 35.6 Å². The van der Waals surface area contributed by atoms with Crippen molar-refractivity contribution in [3.63, 3.8) is 0 Å². The van der Waals surface area contributed by atoms with E-state index in [0.717, 1.165) is 41.4 Å². The number of fused-ring (bicyclic) bond motifs is 4. The SMILES string of the molecule is CC1Cn2c(cc3ccc(C(=O)Nc4nc5ccccc5n4CCCN(C)C)cc32)C(=O)N1. The Kier molecular flexibility index (Phi) is 5.38. The van der Waals surface area contributed by atoms with E-state index in [1.165, 1.54) is 0 Å². The monoisotopic (exact) mass is 444 g/mol. The Morgan fingerprint density at radius 1 is 1.18 bits per heavy atom. The Balaban J connectivity index is 1.46. The maximum atomic E-state index is 13.2. The van der Waals surface area contributed by atoms with Crippen molar-refractivity contribution in [1.29, 1.82) is 0 Å². The summed E-state index contributed by atoms with van der Waals surface area (Å²) in [5.74, 6) is 0.248. The fourth-order valence-corrected chi connectivity index (χ4v) is 4.51. The number of benzene rings is 2. The fraction of sp³-hybridized carbons (Fsp3) is 0.320. The lowest BCUT2D eigenvalue weighted by atomic mass is 10.1. The molecule has 0 radical (unpaired) electrons. The summed E-state index contributed by atoms with van der Waals surface area (Å²) < 4.78 is 4.06. The van der Waals surface area contributed by atoms with Crippen LogP contribution in [0.15, 0.2) is 48.5 Å². The number of rotatable bonds is 6. The molecule has 3 heterocycles. The third-order valence-corrected chi connectivity index (χ3v) is 6.10. The van der Waals surface area contributed by atoms with E-state index in [2.05, 4.69) is 39.2 Å². The minimum absolute atomic E-state index is 0.0418. The van der Waals surface area contributed by atoms with Gasteiger partial charge in [-0.05, 0) is 64.3 Å². The van der Waals surface area contributed by atoms with Crippen LogP contribution in [0.25, 0.3) is 21.9 Å². The molecule has 4 aromatic rings. The maximum absolute atomic E-state index is 13.2. The van der Waals surface area contributed by atoms with Crippen LogP contribution in [0.1, 0.15) is 34.2 Å². The first-order chi connectivity index (χ1) is 15.9. The Morgan fingerprint density at radius 3 is 2.82 bits per heavy atom. The van der Waals surface area contributed by atoms with E-state index in [0.29, 0.717) is 23.8 Å². The van der Waals surface area contributed by atoms with Crippen LogP contribution in [0.5, 0.6) is 0 Å². The smallest absolute Gasteiger partial charge is 0.268 e. The summed E-state index contributed by atoms with van der Waals surface area (Å²) in [4.78, 5) is 32.4. The van der Waals surface area contributed by atoms with Crippen molar-refractivity contribution in [2.75, 3.05) is 26.0 Å². The molecule has 2 N–H and O–H groups in total. The number of hydrogen-bond donors (Lipinski definition) is 2. The highest BCUT2D eigenvalue weighted by atomic mass is 16.2. The molecule has 1 atom stereocenters. The van der Waals surface area contributed by atoms with Gasteiger partial charge < -0.3 is 19.4 Å². The number of nitrogens with zero attached hydrogens (tertiary/aromatic N) is 4. The van der Waals surface area contributed by atoms with E-state index in [9.17, 15) is 9.59 Å². The number of aromatic nitrogens is 3. The van der Waals surface area contributed by atoms with Crippen LogP contribution in [-0.4, -0.2) is 57.5 Å². The van der Waals surface area contributed by atoms with E-state index in [1.807, 2.05) is 54.0 Å². The van der Waals surface area contributed by atoms with Gasteiger partial charge >= 0.3 is 0 Å². The molecule has 2 amide bonds. The highest BCUT2D eigenvalue weighted by Crippen LogP contribution is 2.25. The van der Waals surface area contributed by atoms with Gasteiger partial charge in [0.05, 0.1) is 11.0 Å². The number of nitrogens with one attached hydrogen (secondary N) is 2. The van der Waals surface area contributed by atoms with Gasteiger partial charge in [0.1, 0.15) is 5.69 Å². The average molecular weight is 445 g/mol. The summed E-state index contributed by atoms with van der Waals surface area (Å²) in [5.41, 5.74) is 3.91. The van der Waals surface area contributed by atoms with Crippen LogP contribution in [0.4, 0.5) is 5.95 Å². The van der Waals surface area contributed by atoms with Gasteiger partial charge in [0.15, 0.2) is 0 Å². The predicted molar refractivity (Wildman–Crippen MR) is 130 cm³/mol. The van der Waals surface area contributed by atoms with Crippen LogP contribution in [0, 0.1) is 0 Å². The molecular formula is C25H28N6O2. The van der Waals surface area contributed by atoms with E-state index < -0.39 is 0 Å². The zero-order chi connectivity index (χ0) is 23.1. The molecule has 0 saturated carbocycles. The Morgan fingerprint density at radius 2 is 2.00 bits per heavy atom. The van der Waals surface area contributed by atoms with Crippen molar-refractivity contribution in [2.24, 2.45) is 0 Å². The third-order valence-electron chi connectivity index (χ3n) is 6.10. The van der Waals surface area contributed by atoms with Gasteiger partial charge in [-0.3, -0.25) is 14.9 Å². The largest absolute Gasteiger partial charge is 0.347 e. The molecular weight excluding hydrogens is 416 g/mol. The van der Waals surface area contributed by atoms with Crippen molar-refractivity contribution in [1.82, 2.24) is 24.3 Å². The van der Waals surface area contributed by atoms with Gasteiger partial charge in [-0.2, -0.15) is 0 Å². The molecule has 8 nitrogen and oxygen atoms in total. The number of carbonyl (C=O) groups is 2. The molecule has 1 unspecified atom stereocenters. The van der Waals surface area contributed by atoms with Gasteiger partial charge in [-0.1, -0.05) is 18.2 Å². The number of amides is 2. The lowest BCUT2D eigenvalue weighted by Crippen LogP contribution is -2.42. The Bertz CT molecular complexity index is 1370. The molecule has 1 aliphatic heterocycles. The van der Waals surface area contributed by atoms with Crippen LogP contribution >= 0.6 is 0 Å². The first-order valence-electron chi connectivity index (χ1n) is 11.3. The van der Waals surface area contributed by atoms with Crippen molar-refractivity contribution in [2.45, 2.75) is 32.5 Å². The van der Waals surface area contributed by atoms with Gasteiger partial charge in [-0.25, -0.2) is 4.98 Å². The molecule has 0 spiro atoms. The second-order valence-corrected chi connectivity index (χ2v) is 8.98. The molecule has 33 heavy (non-hydrogen) atoms. The number of imidazole rings is 1. The summed E-state index contributed by atoms with van der Waals surface area (Å²) in [6.45, 7) is 4.36. The van der Waals surface area contributed by atoms with Crippen molar-refractivity contribution in [3.05, 3.63) is 59.8 Å². The molecule has 0 bridgehead atoms. The number of para-hydroxylation sites is 2. The van der Waals surface area contributed by atoms with Crippen molar-refractivity contribution in [3.8, 4) is 0 Å². The second-order valence-electron chi connectivity index (χ2n) is 8.98. The zero-order valence-corrected chi connectivity index (χ0v) is 19.1. The topological polar surface area (TPSA) is 84.2 Å². The van der Waals surface area contributed by atoms with E-state index >= 15 is 0 Å². The minimum Gasteiger partial charge on any atom is -0.347 e. The van der Waals surface area contributed by atoms with Crippen LogP contribution in [0.3, 0.4) is 0 Å². The standard InChI is InChI=1S/C25H28N6O2/c1-16-15-31-21-14-18(10-9-17(21)13-22(31)24(33)26-16)23(32)28-25-27-19-7-4-5-8-20(19)30(25)12-6-11-29(2)3/h4-5,7-10,13-14,16H,6,11-12,15H2,1-3H3,(H,26,33)(H,27,28,32). The Labute approximate surface area is 192 Å². The second kappa shape index (κ2) is 8.37. The lowest BCUT2D eigenvalue weighted by Gasteiger charge is -2.23. The van der Waals surface area contributed by atoms with E-state index in [1.54, 1.807) is 6.07 Å². The van der Waals surface area contributed by atoms with Gasteiger partial charge in [-0.15, -0.1) is 0 Å². The summed E-state index contributed by atoms with van der Waals surface area (Å²) in [6.07, 6.45) is 0.943. The molecule has 2 aromatic heterocycles. The molecule has 0 aliphatic carbocycles. The average Bonchev–Trinajstić information content (AvgIpc) is 3.31. The van der Waals surface area contributed by atoms with Crippen LogP contribution in [0.2, 0.25) is 0 Å². The Hall–Kier alpha value is -3.65. The third kappa shape index (κ3) is 3.98. The van der Waals surface area contributed by atoms with Crippen molar-refractivity contribution >= 4 is 39.7 Å². The number of hydrogen-bond acceptors (Lipinski definition) is 4. The molecule has 2 aromatic carbocycles. The molecule has 0 saturated heterocycles. The predicted octanol–water partition coefficient (Wildman–Crippen LogP) is 3.33. The van der Waals surface area contributed by atoms with Gasteiger partial charge in [0.25, 0.3) is 11.8 Å². The molecule has 170 valence electrons. The van der Waals surface area contributed by atoms with E-state index in [4.69, 9.17) is 0 Å². The van der Waals surface area contributed by atoms with Crippen LogP contribution in [-0.2, 0) is 13.1 Å². The molecule has 5 rings (SSSR count). The van der Waals surface area contributed by atoms with Crippen molar-refractivity contribution < 1.29 is 9.59 Å². The molecule has 0 fully saturated rings. The number of carbonyl (C=O) groups excluding carboxylic acids is 2. The quantitative estimate of drug-likeness (QED) is 0.478. The van der Waals surface area contributed by atoms with Gasteiger partial charge in [0.2, 0.25) is 5.95 Å². The normalized spacial score (nSPS) is 15.8. The first-order valence-corrected chi connectivity index (χ1v) is 11.3. The highest BCUT2D eigenvalue weighted by Gasteiger charge is 2.24. The van der Waals surface area contributed by atoms with Crippen LogP contribution < -0.4 is 10.6 Å². The highest BCUT2D eigenvalue weighted by molar-refractivity contribution is 6.07. The minimum atomic E-state index is -0.218. The number of aryl methyl sites for hydroxylation is 1. The summed E-state index contributed by atoms with van der Waals surface area (Å²) >= 11 is 0. The maximum Gasteiger partial charge on any atom is 0.268 e. The summed E-state index contributed by atoms with van der Waals surface area (Å²) in [7, 11) is 4.10. The molecule has 1 aliphatic rings. The number of anilines is 1. The lowest BCUT2D eigenvalue weighted by molar-refractivity contribution is 0.0907.